The highest BCUT2D eigenvalue weighted by Crippen LogP contribution is 2.18. The zero-order valence-electron chi connectivity index (χ0n) is 8.81. The molecule has 0 fully saturated rings. The smallest absolute Gasteiger partial charge is 0.380 e. The van der Waals surface area contributed by atoms with Crippen LogP contribution in [-0.2, 0) is 14.3 Å². The van der Waals surface area contributed by atoms with E-state index in [2.05, 4.69) is 4.74 Å². The second kappa shape index (κ2) is 5.41. The van der Waals surface area contributed by atoms with Crippen LogP contribution in [0.1, 0.15) is 26.3 Å². The van der Waals surface area contributed by atoms with E-state index >= 15 is 0 Å². The van der Waals surface area contributed by atoms with Gasteiger partial charge in [0.25, 0.3) is 5.78 Å². The number of methoxy groups -OCH3 is 1. The van der Waals surface area contributed by atoms with Crippen molar-refractivity contribution in [3.05, 3.63) is 21.9 Å². The van der Waals surface area contributed by atoms with Crippen molar-refractivity contribution in [3.8, 4) is 0 Å². The van der Waals surface area contributed by atoms with Crippen LogP contribution in [0.3, 0.4) is 0 Å². The van der Waals surface area contributed by atoms with E-state index in [1.165, 1.54) is 12.1 Å². The predicted molar refractivity (Wildman–Crippen MR) is 56.6 cm³/mol. The highest BCUT2D eigenvalue weighted by Gasteiger charge is 2.20. The second-order valence-electron chi connectivity index (χ2n) is 2.71. The van der Waals surface area contributed by atoms with Gasteiger partial charge in [0, 0.05) is 0 Å². The molecule has 0 N–H and O–H groups in total. The molecule has 0 amide bonds. The number of Topliss-reactive ketones (excluding diaryl/α,β-unsaturated/α-hetero) is 1. The van der Waals surface area contributed by atoms with Crippen molar-refractivity contribution in [1.82, 2.24) is 0 Å². The number of hydrogen-bond donors (Lipinski definition) is 0. The molecule has 0 aliphatic heterocycles. The number of ether oxygens (including phenoxy) is 2. The standard InChI is InChI=1S/C10H10O5S/c1-3-15-9(12)7-5-4-6(16-7)8(11)10(13)14-2/h4-5H,3H2,1-2H3. The Morgan fingerprint density at radius 2 is 1.88 bits per heavy atom. The van der Waals surface area contributed by atoms with Crippen LogP contribution in [0.25, 0.3) is 0 Å². The minimum Gasteiger partial charge on any atom is -0.463 e. The summed E-state index contributed by atoms with van der Waals surface area (Å²) in [4.78, 5) is 34.0. The van der Waals surface area contributed by atoms with E-state index in [0.717, 1.165) is 18.4 Å². The van der Waals surface area contributed by atoms with Crippen LogP contribution in [0.15, 0.2) is 12.1 Å². The molecule has 0 radical (unpaired) electrons. The van der Waals surface area contributed by atoms with Gasteiger partial charge in [-0.3, -0.25) is 4.79 Å². The molecule has 16 heavy (non-hydrogen) atoms. The van der Waals surface area contributed by atoms with Crippen LogP contribution in [0.5, 0.6) is 0 Å². The van der Waals surface area contributed by atoms with Crippen LogP contribution >= 0.6 is 11.3 Å². The SMILES string of the molecule is CCOC(=O)c1ccc(C(=O)C(=O)OC)s1. The number of rotatable bonds is 4. The van der Waals surface area contributed by atoms with Crippen LogP contribution < -0.4 is 0 Å². The summed E-state index contributed by atoms with van der Waals surface area (Å²) in [5.41, 5.74) is 0. The number of ketones is 1. The lowest BCUT2D eigenvalue weighted by molar-refractivity contribution is -0.135. The van der Waals surface area contributed by atoms with E-state index in [0.29, 0.717) is 0 Å². The Hall–Kier alpha value is -1.69. The third kappa shape index (κ3) is 2.66. The Labute approximate surface area is 96.0 Å². The molecule has 86 valence electrons. The van der Waals surface area contributed by atoms with Crippen molar-refractivity contribution < 1.29 is 23.9 Å². The van der Waals surface area contributed by atoms with Gasteiger partial charge < -0.3 is 9.47 Å². The van der Waals surface area contributed by atoms with Gasteiger partial charge in [-0.05, 0) is 19.1 Å². The van der Waals surface area contributed by atoms with Crippen LogP contribution in [0.4, 0.5) is 0 Å². The van der Waals surface area contributed by atoms with E-state index in [9.17, 15) is 14.4 Å². The van der Waals surface area contributed by atoms with Crippen LogP contribution in [-0.4, -0.2) is 31.4 Å². The van der Waals surface area contributed by atoms with Crippen LogP contribution in [0.2, 0.25) is 0 Å². The minimum atomic E-state index is -0.947. The molecule has 5 nitrogen and oxygen atoms in total. The molecule has 0 spiro atoms. The molecule has 6 heteroatoms. The highest BCUT2D eigenvalue weighted by atomic mass is 32.1. The summed E-state index contributed by atoms with van der Waals surface area (Å²) in [6, 6.07) is 2.84. The number of hydrogen-bond acceptors (Lipinski definition) is 6. The van der Waals surface area contributed by atoms with Crippen molar-refractivity contribution >= 4 is 29.1 Å². The first-order valence-corrected chi connectivity index (χ1v) is 5.31. The van der Waals surface area contributed by atoms with Gasteiger partial charge in [-0.15, -0.1) is 11.3 Å². The fraction of sp³-hybridized carbons (Fsp3) is 0.300. The van der Waals surface area contributed by atoms with E-state index < -0.39 is 17.7 Å². The van der Waals surface area contributed by atoms with Crippen molar-refractivity contribution in [3.63, 3.8) is 0 Å². The topological polar surface area (TPSA) is 69.7 Å². The van der Waals surface area contributed by atoms with Gasteiger partial charge in [0.1, 0.15) is 4.88 Å². The minimum absolute atomic E-state index is 0.162. The summed E-state index contributed by atoms with van der Waals surface area (Å²) in [7, 11) is 1.13. The summed E-state index contributed by atoms with van der Waals surface area (Å²) in [5.74, 6) is -2.21. The highest BCUT2D eigenvalue weighted by molar-refractivity contribution is 7.16. The molecule has 1 heterocycles. The molecule has 0 aliphatic rings. The number of carbonyl (C=O) groups is 3. The lowest BCUT2D eigenvalue weighted by Crippen LogP contribution is -2.14. The first kappa shape index (κ1) is 12.4. The summed E-state index contributed by atoms with van der Waals surface area (Å²) in [5, 5.41) is 0. The lowest BCUT2D eigenvalue weighted by atomic mass is 10.3. The quantitative estimate of drug-likeness (QED) is 0.452. The summed E-state index contributed by atoms with van der Waals surface area (Å²) in [6.45, 7) is 1.95. The summed E-state index contributed by atoms with van der Waals surface area (Å²) < 4.78 is 9.04. The average Bonchev–Trinajstić information content (AvgIpc) is 2.76. The van der Waals surface area contributed by atoms with Gasteiger partial charge in [-0.25, -0.2) is 9.59 Å². The number of thiophene rings is 1. The largest absolute Gasteiger partial charge is 0.463 e. The molecule has 0 saturated carbocycles. The second-order valence-corrected chi connectivity index (χ2v) is 3.79. The Balaban J connectivity index is 2.83. The zero-order valence-corrected chi connectivity index (χ0v) is 9.63. The van der Waals surface area contributed by atoms with Crippen molar-refractivity contribution in [2.75, 3.05) is 13.7 Å². The third-order valence-corrected chi connectivity index (χ3v) is 2.74. The third-order valence-electron chi connectivity index (χ3n) is 1.68. The van der Waals surface area contributed by atoms with Gasteiger partial charge in [0.2, 0.25) is 0 Å². The number of carbonyl (C=O) groups excluding carboxylic acids is 3. The molecule has 1 rings (SSSR count). The Morgan fingerprint density at radius 1 is 1.25 bits per heavy atom. The van der Waals surface area contributed by atoms with Crippen molar-refractivity contribution in [2.24, 2.45) is 0 Å². The van der Waals surface area contributed by atoms with Crippen molar-refractivity contribution in [1.29, 1.82) is 0 Å². The first-order valence-electron chi connectivity index (χ1n) is 4.49. The fourth-order valence-electron chi connectivity index (χ4n) is 0.965. The van der Waals surface area contributed by atoms with Gasteiger partial charge >= 0.3 is 11.9 Å². The zero-order chi connectivity index (χ0) is 12.1. The maximum absolute atomic E-state index is 11.4. The van der Waals surface area contributed by atoms with E-state index in [4.69, 9.17) is 4.74 Å². The summed E-state index contributed by atoms with van der Waals surface area (Å²) in [6.07, 6.45) is 0. The summed E-state index contributed by atoms with van der Waals surface area (Å²) >= 11 is 0.908. The molecule has 0 saturated heterocycles. The predicted octanol–water partition coefficient (Wildman–Crippen LogP) is 1.28. The lowest BCUT2D eigenvalue weighted by Gasteiger charge is -1.96. The van der Waals surface area contributed by atoms with Gasteiger partial charge in [-0.2, -0.15) is 0 Å². The molecule has 0 atom stereocenters. The molecule has 0 bridgehead atoms. The Morgan fingerprint density at radius 3 is 2.44 bits per heavy atom. The molecule has 1 aromatic heterocycles. The van der Waals surface area contributed by atoms with E-state index in [-0.39, 0.29) is 16.4 Å². The van der Waals surface area contributed by atoms with Gasteiger partial charge in [0.15, 0.2) is 0 Å². The normalized spacial score (nSPS) is 9.62. The molecule has 0 aromatic carbocycles. The maximum atomic E-state index is 11.4. The molecule has 0 unspecified atom stereocenters. The molecular formula is C10H10O5S. The monoisotopic (exact) mass is 242 g/mol. The first-order chi connectivity index (χ1) is 7.60. The molecule has 1 aromatic rings. The maximum Gasteiger partial charge on any atom is 0.380 e. The van der Waals surface area contributed by atoms with Crippen molar-refractivity contribution in [2.45, 2.75) is 6.92 Å². The van der Waals surface area contributed by atoms with E-state index in [1.807, 2.05) is 0 Å². The Kier molecular flexibility index (Phi) is 4.19. The molecule has 0 aliphatic carbocycles. The van der Waals surface area contributed by atoms with Crippen LogP contribution in [0, 0.1) is 0 Å². The van der Waals surface area contributed by atoms with Gasteiger partial charge in [0.05, 0.1) is 18.6 Å². The Bertz CT molecular complexity index is 421. The number of esters is 2. The van der Waals surface area contributed by atoms with E-state index in [1.54, 1.807) is 6.92 Å². The van der Waals surface area contributed by atoms with Gasteiger partial charge in [-0.1, -0.05) is 0 Å². The molecular weight excluding hydrogens is 232 g/mol. The fourth-order valence-corrected chi connectivity index (χ4v) is 1.79. The average molecular weight is 242 g/mol.